The normalized spacial score (nSPS) is 19.0. The van der Waals surface area contributed by atoms with Crippen molar-refractivity contribution in [2.75, 3.05) is 0 Å². The second kappa shape index (κ2) is 4.91. The highest BCUT2D eigenvalue weighted by atomic mass is 19.4. The molecular weight excluding hydrogens is 241 g/mol. The predicted octanol–water partition coefficient (Wildman–Crippen LogP) is 0.491. The van der Waals surface area contributed by atoms with Gasteiger partial charge in [0.15, 0.2) is 5.54 Å². The number of amides is 1. The van der Waals surface area contributed by atoms with Crippen molar-refractivity contribution in [2.24, 2.45) is 11.7 Å². The van der Waals surface area contributed by atoms with Gasteiger partial charge in [-0.15, -0.1) is 0 Å². The molecule has 4 N–H and O–H groups in total. The summed E-state index contributed by atoms with van der Waals surface area (Å²) in [5, 5.41) is 10.6. The Balaban J connectivity index is 4.72. The largest absolute Gasteiger partial charge is 0.481 e. The van der Waals surface area contributed by atoms with Crippen LogP contribution in [0.3, 0.4) is 0 Å². The van der Waals surface area contributed by atoms with Gasteiger partial charge in [0.1, 0.15) is 0 Å². The molecule has 0 bridgehead atoms. The fraction of sp³-hybridized carbons (Fsp3) is 0.778. The maximum Gasteiger partial charge on any atom is 0.415 e. The summed E-state index contributed by atoms with van der Waals surface area (Å²) in [5.74, 6) is -3.68. The fourth-order valence-corrected chi connectivity index (χ4v) is 0.824. The molecule has 0 fully saturated rings. The van der Waals surface area contributed by atoms with Gasteiger partial charge in [0.2, 0.25) is 5.91 Å². The molecule has 8 heteroatoms. The lowest BCUT2D eigenvalue weighted by molar-refractivity contribution is -0.187. The molecule has 0 heterocycles. The molecule has 0 radical (unpaired) electrons. The summed E-state index contributed by atoms with van der Waals surface area (Å²) in [6, 6.07) is -0.953. The molecule has 0 spiro atoms. The lowest BCUT2D eigenvalue weighted by Gasteiger charge is -2.28. The van der Waals surface area contributed by atoms with Crippen molar-refractivity contribution in [2.45, 2.75) is 38.5 Å². The number of hydrogen-bond acceptors (Lipinski definition) is 3. The fourth-order valence-electron chi connectivity index (χ4n) is 0.824. The second-order valence-corrected chi connectivity index (χ2v) is 4.09. The number of alkyl halides is 3. The van der Waals surface area contributed by atoms with E-state index in [4.69, 9.17) is 10.8 Å². The number of aliphatic carboxylic acids is 1. The number of carbonyl (C=O) groups is 2. The van der Waals surface area contributed by atoms with E-state index >= 15 is 0 Å². The molecular formula is C9H15F3N2O3. The summed E-state index contributed by atoms with van der Waals surface area (Å²) in [6.45, 7) is 3.10. The Morgan fingerprint density at radius 3 is 2.00 bits per heavy atom. The molecule has 0 saturated heterocycles. The van der Waals surface area contributed by atoms with Gasteiger partial charge in [0.05, 0.1) is 5.92 Å². The quantitative estimate of drug-likeness (QED) is 0.682. The number of carboxylic acids is 1. The van der Waals surface area contributed by atoms with Crippen molar-refractivity contribution in [3.8, 4) is 0 Å². The van der Waals surface area contributed by atoms with Crippen LogP contribution in [0.4, 0.5) is 13.2 Å². The first-order valence-electron chi connectivity index (χ1n) is 4.80. The van der Waals surface area contributed by atoms with Gasteiger partial charge in [-0.1, -0.05) is 0 Å². The monoisotopic (exact) mass is 256 g/mol. The van der Waals surface area contributed by atoms with Crippen molar-refractivity contribution >= 4 is 11.9 Å². The van der Waals surface area contributed by atoms with Crippen LogP contribution in [0.2, 0.25) is 0 Å². The van der Waals surface area contributed by atoms with Crippen molar-refractivity contribution < 1.29 is 27.9 Å². The molecule has 0 aromatic rings. The van der Waals surface area contributed by atoms with Crippen LogP contribution < -0.4 is 11.1 Å². The van der Waals surface area contributed by atoms with Crippen LogP contribution in [0.5, 0.6) is 0 Å². The number of rotatable bonds is 4. The first-order valence-corrected chi connectivity index (χ1v) is 4.80. The molecule has 5 nitrogen and oxygen atoms in total. The zero-order valence-corrected chi connectivity index (χ0v) is 9.63. The van der Waals surface area contributed by atoms with Crippen LogP contribution in [-0.4, -0.2) is 34.7 Å². The van der Waals surface area contributed by atoms with E-state index in [9.17, 15) is 22.8 Å². The van der Waals surface area contributed by atoms with E-state index in [0.29, 0.717) is 6.92 Å². The predicted molar refractivity (Wildman–Crippen MR) is 53.1 cm³/mol. The van der Waals surface area contributed by atoms with Crippen LogP contribution in [0, 0.1) is 5.92 Å². The highest BCUT2D eigenvalue weighted by molar-refractivity contribution is 5.87. The van der Waals surface area contributed by atoms with Gasteiger partial charge in [-0.25, -0.2) is 0 Å². The van der Waals surface area contributed by atoms with Gasteiger partial charge in [0.25, 0.3) is 0 Å². The standard InChI is InChI=1S/C9H15F3N2O3/c1-4(6(15)16)5(2)14-7(17)8(3,13)9(10,11)12/h4-5H,13H2,1-3H3,(H,14,17)(H,15,16). The van der Waals surface area contributed by atoms with Gasteiger partial charge in [-0.05, 0) is 20.8 Å². The van der Waals surface area contributed by atoms with Crippen LogP contribution in [0.1, 0.15) is 20.8 Å². The molecule has 17 heavy (non-hydrogen) atoms. The minimum Gasteiger partial charge on any atom is -0.481 e. The topological polar surface area (TPSA) is 92.4 Å². The van der Waals surface area contributed by atoms with E-state index in [1.165, 1.54) is 13.8 Å². The van der Waals surface area contributed by atoms with Gasteiger partial charge in [0, 0.05) is 6.04 Å². The second-order valence-electron chi connectivity index (χ2n) is 4.09. The molecule has 0 rings (SSSR count). The average Bonchev–Trinajstić information content (AvgIpc) is 2.14. The summed E-state index contributed by atoms with van der Waals surface area (Å²) in [6.07, 6.45) is -4.90. The first-order chi connectivity index (χ1) is 7.41. The number of halogens is 3. The Morgan fingerprint density at radius 2 is 1.71 bits per heavy atom. The van der Waals surface area contributed by atoms with Gasteiger partial charge in [-0.2, -0.15) is 13.2 Å². The lowest BCUT2D eigenvalue weighted by Crippen LogP contribution is -2.63. The van der Waals surface area contributed by atoms with E-state index in [1.54, 1.807) is 0 Å². The molecule has 0 aliphatic carbocycles. The Kier molecular flexibility index (Phi) is 4.53. The smallest absolute Gasteiger partial charge is 0.415 e. The molecule has 100 valence electrons. The van der Waals surface area contributed by atoms with Crippen molar-refractivity contribution in [3.05, 3.63) is 0 Å². The molecule has 0 aromatic heterocycles. The molecule has 3 unspecified atom stereocenters. The minimum atomic E-state index is -4.90. The highest BCUT2D eigenvalue weighted by Gasteiger charge is 2.54. The third-order valence-corrected chi connectivity index (χ3v) is 2.56. The van der Waals surface area contributed by atoms with Crippen LogP contribution in [0.25, 0.3) is 0 Å². The van der Waals surface area contributed by atoms with E-state index in [1.807, 2.05) is 5.32 Å². The van der Waals surface area contributed by atoms with Crippen LogP contribution in [0.15, 0.2) is 0 Å². The third kappa shape index (κ3) is 3.58. The summed E-state index contributed by atoms with van der Waals surface area (Å²) < 4.78 is 37.2. The lowest BCUT2D eigenvalue weighted by atomic mass is 9.99. The number of carboxylic acid groups (broad SMARTS) is 1. The Bertz CT molecular complexity index is 315. The van der Waals surface area contributed by atoms with Crippen molar-refractivity contribution in [1.82, 2.24) is 5.32 Å². The zero-order valence-electron chi connectivity index (χ0n) is 9.63. The number of nitrogens with two attached hydrogens (primary N) is 1. The summed E-state index contributed by atoms with van der Waals surface area (Å²) >= 11 is 0. The molecule has 0 aliphatic heterocycles. The maximum atomic E-state index is 12.4. The highest BCUT2D eigenvalue weighted by Crippen LogP contribution is 2.28. The van der Waals surface area contributed by atoms with Gasteiger partial charge >= 0.3 is 12.1 Å². The molecule has 0 saturated carbocycles. The number of nitrogens with one attached hydrogen (secondary N) is 1. The van der Waals surface area contributed by atoms with Crippen molar-refractivity contribution in [3.63, 3.8) is 0 Å². The zero-order chi connectivity index (χ0) is 14.0. The molecule has 0 aromatic carbocycles. The van der Waals surface area contributed by atoms with Gasteiger partial charge < -0.3 is 16.2 Å². The van der Waals surface area contributed by atoms with Gasteiger partial charge in [-0.3, -0.25) is 9.59 Å². The maximum absolute atomic E-state index is 12.4. The summed E-state index contributed by atoms with van der Waals surface area (Å²) in [5.41, 5.74) is 1.84. The summed E-state index contributed by atoms with van der Waals surface area (Å²) in [4.78, 5) is 21.9. The average molecular weight is 256 g/mol. The SMILES string of the molecule is CC(NC(=O)C(C)(N)C(F)(F)F)C(C)C(=O)O. The van der Waals surface area contributed by atoms with Crippen molar-refractivity contribution in [1.29, 1.82) is 0 Å². The van der Waals surface area contributed by atoms with E-state index in [2.05, 4.69) is 0 Å². The molecule has 1 amide bonds. The molecule has 3 atom stereocenters. The Hall–Kier alpha value is -1.31. The van der Waals surface area contributed by atoms with Crippen LogP contribution in [-0.2, 0) is 9.59 Å². The number of hydrogen-bond donors (Lipinski definition) is 3. The minimum absolute atomic E-state index is 0.528. The first kappa shape index (κ1) is 15.7. The Labute approximate surface area is 96.2 Å². The summed E-state index contributed by atoms with van der Waals surface area (Å²) in [7, 11) is 0. The molecule has 0 aliphatic rings. The van der Waals surface area contributed by atoms with Crippen LogP contribution >= 0.6 is 0 Å². The van der Waals surface area contributed by atoms with E-state index < -0.39 is 35.6 Å². The van der Waals surface area contributed by atoms with E-state index in [-0.39, 0.29) is 0 Å². The number of carbonyl (C=O) groups excluding carboxylic acids is 1. The Morgan fingerprint density at radius 1 is 1.29 bits per heavy atom. The third-order valence-electron chi connectivity index (χ3n) is 2.56. The van der Waals surface area contributed by atoms with E-state index in [0.717, 1.165) is 0 Å².